The topological polar surface area (TPSA) is 88.8 Å². The number of hydrogen-bond acceptors (Lipinski definition) is 8. The Morgan fingerprint density at radius 3 is 1.94 bits per heavy atom. The van der Waals surface area contributed by atoms with Gasteiger partial charge in [-0.15, -0.1) is 0 Å². The highest BCUT2D eigenvalue weighted by molar-refractivity contribution is 8.39. The summed E-state index contributed by atoms with van der Waals surface area (Å²) in [4.78, 5) is 25.1. The second kappa shape index (κ2) is 9.06. The van der Waals surface area contributed by atoms with Gasteiger partial charge in [-0.1, -0.05) is 23.5 Å². The fourth-order valence-electron chi connectivity index (χ4n) is 0.506. The Morgan fingerprint density at radius 2 is 1.62 bits per heavy atom. The summed E-state index contributed by atoms with van der Waals surface area (Å²) < 4.78 is 9.19. The zero-order valence-electron chi connectivity index (χ0n) is 8.76. The molecule has 0 aliphatic heterocycles. The summed E-state index contributed by atoms with van der Waals surface area (Å²) in [6.07, 6.45) is 1.59. The quantitative estimate of drug-likeness (QED) is 0.318. The first kappa shape index (κ1) is 14.8. The zero-order valence-corrected chi connectivity index (χ0v) is 10.4. The number of thioether (sulfide) groups is 2. The molecule has 0 amide bonds. The highest BCUT2D eigenvalue weighted by atomic mass is 32.2. The normalized spacial score (nSPS) is 8.81. The molecular formula is C8H10N2O4S2. The molecule has 0 aliphatic carbocycles. The van der Waals surface area contributed by atoms with Crippen LogP contribution in [0.25, 0.3) is 0 Å². The van der Waals surface area contributed by atoms with Crippen molar-refractivity contribution >= 4 is 39.8 Å². The van der Waals surface area contributed by atoms with Gasteiger partial charge >= 0.3 is 11.9 Å². The highest BCUT2D eigenvalue weighted by Crippen LogP contribution is 2.17. The Balaban J connectivity index is 4.10. The van der Waals surface area contributed by atoms with E-state index >= 15 is 0 Å². The lowest BCUT2D eigenvalue weighted by Crippen LogP contribution is -2.08. The lowest BCUT2D eigenvalue weighted by molar-refractivity contribution is -0.138. The molecule has 0 aromatic rings. The van der Waals surface area contributed by atoms with Crippen LogP contribution in [0.3, 0.4) is 0 Å². The van der Waals surface area contributed by atoms with Crippen molar-refractivity contribution in [1.29, 1.82) is 5.26 Å². The predicted octanol–water partition coefficient (Wildman–Crippen LogP) is 0.636. The fraction of sp³-hybridized carbons (Fsp3) is 0.500. The largest absolute Gasteiger partial charge is 0.468 e. The fourth-order valence-corrected chi connectivity index (χ4v) is 2.12. The number of methoxy groups -OCH3 is 2. The number of esters is 2. The van der Waals surface area contributed by atoms with Crippen molar-refractivity contribution in [2.24, 2.45) is 4.99 Å². The summed E-state index contributed by atoms with van der Waals surface area (Å²) >= 11 is 2.08. The van der Waals surface area contributed by atoms with Gasteiger partial charge < -0.3 is 9.47 Å². The minimum atomic E-state index is -0.422. The molecule has 0 unspecified atom stereocenters. The van der Waals surface area contributed by atoms with Crippen LogP contribution in [0.2, 0.25) is 0 Å². The van der Waals surface area contributed by atoms with E-state index in [2.05, 4.69) is 14.5 Å². The van der Waals surface area contributed by atoms with E-state index in [0.29, 0.717) is 4.38 Å². The average molecular weight is 262 g/mol. The molecule has 16 heavy (non-hydrogen) atoms. The molecule has 0 saturated carbocycles. The van der Waals surface area contributed by atoms with Gasteiger partial charge in [0.2, 0.25) is 6.19 Å². The first-order chi connectivity index (χ1) is 7.63. The Labute approximate surface area is 101 Å². The Bertz CT molecular complexity index is 302. The van der Waals surface area contributed by atoms with Crippen molar-refractivity contribution in [3.63, 3.8) is 0 Å². The number of hydrogen-bond donors (Lipinski definition) is 0. The van der Waals surface area contributed by atoms with Crippen LogP contribution in [0.4, 0.5) is 0 Å². The van der Waals surface area contributed by atoms with Crippen molar-refractivity contribution < 1.29 is 19.1 Å². The smallest absolute Gasteiger partial charge is 0.316 e. The summed E-state index contributed by atoms with van der Waals surface area (Å²) in [7, 11) is 2.54. The average Bonchev–Trinajstić information content (AvgIpc) is 2.31. The molecule has 0 aromatic carbocycles. The number of carbonyl (C=O) groups is 2. The summed E-state index contributed by atoms with van der Waals surface area (Å²) in [5, 5.41) is 8.39. The summed E-state index contributed by atoms with van der Waals surface area (Å²) in [6.45, 7) is 0. The molecule has 0 aromatic heterocycles. The van der Waals surface area contributed by atoms with Crippen molar-refractivity contribution in [2.45, 2.75) is 0 Å². The lowest BCUT2D eigenvalue weighted by atomic mass is 10.8. The molecule has 0 saturated heterocycles. The van der Waals surface area contributed by atoms with Crippen LogP contribution in [0.5, 0.6) is 0 Å². The maximum absolute atomic E-state index is 10.8. The monoisotopic (exact) mass is 262 g/mol. The zero-order chi connectivity index (χ0) is 12.4. The Kier molecular flexibility index (Phi) is 8.38. The van der Waals surface area contributed by atoms with Gasteiger partial charge in [-0.3, -0.25) is 9.59 Å². The van der Waals surface area contributed by atoms with Gasteiger partial charge in [0.1, 0.15) is 4.38 Å². The van der Waals surface area contributed by atoms with Crippen LogP contribution < -0.4 is 0 Å². The first-order valence-corrected chi connectivity index (χ1v) is 5.97. The van der Waals surface area contributed by atoms with Crippen molar-refractivity contribution in [1.82, 2.24) is 0 Å². The number of ether oxygens (including phenoxy) is 2. The Hall–Kier alpha value is -1.20. The maximum atomic E-state index is 10.8. The number of nitrogens with zero attached hydrogens (tertiary/aromatic N) is 2. The third kappa shape index (κ3) is 7.14. The molecular weight excluding hydrogens is 252 g/mol. The van der Waals surface area contributed by atoms with E-state index in [0.717, 1.165) is 23.5 Å². The van der Waals surface area contributed by atoms with E-state index in [1.807, 2.05) is 0 Å². The summed E-state index contributed by atoms with van der Waals surface area (Å²) in [5.41, 5.74) is 0. The SMILES string of the molecule is COC(=O)CSC(=NC#N)SCC(=O)OC. The Morgan fingerprint density at radius 1 is 1.19 bits per heavy atom. The van der Waals surface area contributed by atoms with Crippen LogP contribution in [0.1, 0.15) is 0 Å². The molecule has 6 nitrogen and oxygen atoms in total. The summed E-state index contributed by atoms with van der Waals surface area (Å²) in [5.74, 6) is -0.750. The van der Waals surface area contributed by atoms with Crippen LogP contribution in [-0.4, -0.2) is 42.0 Å². The van der Waals surface area contributed by atoms with Gasteiger partial charge in [-0.2, -0.15) is 10.3 Å². The molecule has 8 heteroatoms. The number of aliphatic imine (C=N–C) groups is 1. The van der Waals surface area contributed by atoms with E-state index in [9.17, 15) is 9.59 Å². The number of nitriles is 1. The van der Waals surface area contributed by atoms with Crippen molar-refractivity contribution in [2.75, 3.05) is 25.7 Å². The molecule has 0 rings (SSSR count). The molecule has 0 bridgehead atoms. The molecule has 88 valence electrons. The molecule has 0 atom stereocenters. The van der Waals surface area contributed by atoms with E-state index in [-0.39, 0.29) is 11.5 Å². The summed E-state index contributed by atoms with van der Waals surface area (Å²) in [6, 6.07) is 0. The second-order valence-electron chi connectivity index (χ2n) is 2.21. The van der Waals surface area contributed by atoms with E-state index in [1.54, 1.807) is 6.19 Å². The van der Waals surface area contributed by atoms with E-state index in [4.69, 9.17) is 5.26 Å². The minimum Gasteiger partial charge on any atom is -0.468 e. The van der Waals surface area contributed by atoms with Crippen molar-refractivity contribution in [3.8, 4) is 6.19 Å². The molecule has 0 heterocycles. The third-order valence-electron chi connectivity index (χ3n) is 1.22. The molecule has 0 radical (unpaired) electrons. The minimum absolute atomic E-state index is 0.0468. The van der Waals surface area contributed by atoms with Crippen LogP contribution in [0, 0.1) is 11.5 Å². The first-order valence-electron chi connectivity index (χ1n) is 4.00. The molecule has 0 fully saturated rings. The van der Waals surface area contributed by atoms with Gasteiger partial charge in [0.25, 0.3) is 0 Å². The van der Waals surface area contributed by atoms with Crippen LogP contribution in [-0.2, 0) is 19.1 Å². The standard InChI is InChI=1S/C8H10N2O4S2/c1-13-6(11)3-15-8(10-5-9)16-4-7(12)14-2/h3-4H2,1-2H3. The van der Waals surface area contributed by atoms with Gasteiger partial charge in [0, 0.05) is 0 Å². The molecule has 0 aliphatic rings. The number of carbonyl (C=O) groups excluding carboxylic acids is 2. The van der Waals surface area contributed by atoms with Crippen molar-refractivity contribution in [3.05, 3.63) is 0 Å². The predicted molar refractivity (Wildman–Crippen MR) is 62.0 cm³/mol. The van der Waals surface area contributed by atoms with Gasteiger partial charge in [-0.05, 0) is 0 Å². The van der Waals surface area contributed by atoms with Crippen LogP contribution in [0.15, 0.2) is 4.99 Å². The number of rotatable bonds is 4. The van der Waals surface area contributed by atoms with Gasteiger partial charge in [-0.25, -0.2) is 0 Å². The van der Waals surface area contributed by atoms with Gasteiger partial charge in [0.15, 0.2) is 0 Å². The van der Waals surface area contributed by atoms with Crippen LogP contribution >= 0.6 is 23.5 Å². The molecule has 0 N–H and O–H groups in total. The lowest BCUT2D eigenvalue weighted by Gasteiger charge is -2.02. The second-order valence-corrected chi connectivity index (χ2v) is 4.39. The molecule has 0 spiro atoms. The van der Waals surface area contributed by atoms with Gasteiger partial charge in [0.05, 0.1) is 25.7 Å². The third-order valence-corrected chi connectivity index (χ3v) is 3.37. The van der Waals surface area contributed by atoms with E-state index in [1.165, 1.54) is 14.2 Å². The maximum Gasteiger partial charge on any atom is 0.316 e. The van der Waals surface area contributed by atoms with E-state index < -0.39 is 11.9 Å². The highest BCUT2D eigenvalue weighted by Gasteiger charge is 2.09.